The predicted octanol–water partition coefficient (Wildman–Crippen LogP) is 6.79. The summed E-state index contributed by atoms with van der Waals surface area (Å²) in [5.74, 6) is 1.07. The topological polar surface area (TPSA) is 61.8 Å². The van der Waals surface area contributed by atoms with Crippen LogP contribution in [0.2, 0.25) is 0 Å². The maximum Gasteiger partial charge on any atom is 0.335 e. The highest BCUT2D eigenvalue weighted by atomic mass is 16.6. The molecule has 2 unspecified atom stereocenters. The van der Waals surface area contributed by atoms with Crippen LogP contribution in [0.4, 0.5) is 0 Å². The largest absolute Gasteiger partial charge is 0.493 e. The standard InChI is InChI=1S/C28H36O5/c1-4-5-6-7-8-9-10-15-27(29)33-26-18-21(16-17-25(26)31-3)20(2)23-19-28(30)32-24-14-12-11-13-22(23)24/h11-12,14,16-20,22H,4-10,13,15H2,1-3H3. The van der Waals surface area contributed by atoms with Gasteiger partial charge in [-0.1, -0.05) is 70.6 Å². The third kappa shape index (κ3) is 6.83. The Kier molecular flexibility index (Phi) is 9.35. The van der Waals surface area contributed by atoms with E-state index in [4.69, 9.17) is 14.2 Å². The molecule has 5 nitrogen and oxygen atoms in total. The first-order valence-electron chi connectivity index (χ1n) is 12.2. The quantitative estimate of drug-likeness (QED) is 0.198. The van der Waals surface area contributed by atoms with Gasteiger partial charge in [-0.2, -0.15) is 0 Å². The van der Waals surface area contributed by atoms with Crippen LogP contribution in [0.25, 0.3) is 0 Å². The fraction of sp³-hybridized carbons (Fsp3) is 0.500. The fourth-order valence-electron chi connectivity index (χ4n) is 4.46. The van der Waals surface area contributed by atoms with Crippen LogP contribution >= 0.6 is 0 Å². The van der Waals surface area contributed by atoms with Crippen LogP contribution in [0.5, 0.6) is 11.5 Å². The molecule has 0 bridgehead atoms. The number of allylic oxidation sites excluding steroid dienone is 4. The minimum atomic E-state index is -0.343. The second-order valence-electron chi connectivity index (χ2n) is 8.83. The molecular weight excluding hydrogens is 416 g/mol. The van der Waals surface area contributed by atoms with Gasteiger partial charge in [-0.15, -0.1) is 0 Å². The van der Waals surface area contributed by atoms with Gasteiger partial charge in [0.1, 0.15) is 5.76 Å². The van der Waals surface area contributed by atoms with Gasteiger partial charge in [0, 0.05) is 24.3 Å². The van der Waals surface area contributed by atoms with Crippen molar-refractivity contribution < 1.29 is 23.8 Å². The second kappa shape index (κ2) is 12.4. The number of hydrogen-bond acceptors (Lipinski definition) is 5. The Labute approximate surface area is 197 Å². The molecule has 3 rings (SSSR count). The number of esters is 2. The smallest absolute Gasteiger partial charge is 0.335 e. The van der Waals surface area contributed by atoms with Gasteiger partial charge in [0.05, 0.1) is 7.11 Å². The number of unbranched alkanes of at least 4 members (excludes halogenated alkanes) is 6. The Morgan fingerprint density at radius 1 is 1.12 bits per heavy atom. The Bertz CT molecular complexity index is 924. The Morgan fingerprint density at radius 2 is 1.88 bits per heavy atom. The average Bonchev–Trinajstić information content (AvgIpc) is 2.82. The first kappa shape index (κ1) is 24.8. The maximum absolute atomic E-state index is 12.5. The molecule has 1 aliphatic carbocycles. The maximum atomic E-state index is 12.5. The second-order valence-corrected chi connectivity index (χ2v) is 8.83. The number of carbonyl (C=O) groups is 2. The van der Waals surface area contributed by atoms with E-state index < -0.39 is 0 Å². The van der Waals surface area contributed by atoms with Crippen LogP contribution in [-0.2, 0) is 14.3 Å². The molecule has 33 heavy (non-hydrogen) atoms. The molecule has 2 atom stereocenters. The van der Waals surface area contributed by atoms with E-state index in [2.05, 4.69) is 19.9 Å². The van der Waals surface area contributed by atoms with Crippen LogP contribution in [0, 0.1) is 5.92 Å². The molecule has 0 aromatic heterocycles. The van der Waals surface area contributed by atoms with Gasteiger partial charge in [0.2, 0.25) is 0 Å². The zero-order chi connectivity index (χ0) is 23.6. The van der Waals surface area contributed by atoms with E-state index in [0.29, 0.717) is 23.7 Å². The summed E-state index contributed by atoms with van der Waals surface area (Å²) >= 11 is 0. The zero-order valence-electron chi connectivity index (χ0n) is 20.1. The van der Waals surface area contributed by atoms with E-state index in [9.17, 15) is 9.59 Å². The fourth-order valence-corrected chi connectivity index (χ4v) is 4.46. The summed E-state index contributed by atoms with van der Waals surface area (Å²) in [6.45, 7) is 4.27. The minimum absolute atomic E-state index is 0.0378. The van der Waals surface area contributed by atoms with Gasteiger partial charge in [0.25, 0.3) is 0 Å². The molecule has 2 aliphatic rings. The summed E-state index contributed by atoms with van der Waals surface area (Å²) in [6, 6.07) is 5.64. The van der Waals surface area contributed by atoms with E-state index in [1.807, 2.05) is 30.4 Å². The van der Waals surface area contributed by atoms with Gasteiger partial charge in [-0.05, 0) is 42.2 Å². The Hall–Kier alpha value is -2.82. The van der Waals surface area contributed by atoms with Crippen LogP contribution < -0.4 is 9.47 Å². The number of hydrogen-bond donors (Lipinski definition) is 0. The first-order valence-corrected chi connectivity index (χ1v) is 12.2. The van der Waals surface area contributed by atoms with E-state index in [0.717, 1.165) is 36.8 Å². The molecule has 1 aliphatic heterocycles. The average molecular weight is 453 g/mol. The summed E-state index contributed by atoms with van der Waals surface area (Å²) in [5, 5.41) is 0. The third-order valence-corrected chi connectivity index (χ3v) is 6.41. The zero-order valence-corrected chi connectivity index (χ0v) is 20.1. The normalized spacial score (nSPS) is 18.0. The molecule has 178 valence electrons. The van der Waals surface area contributed by atoms with Crippen molar-refractivity contribution in [2.75, 3.05) is 7.11 Å². The Balaban J connectivity index is 1.64. The van der Waals surface area contributed by atoms with Crippen molar-refractivity contribution in [2.45, 2.75) is 77.6 Å². The van der Waals surface area contributed by atoms with Crippen molar-refractivity contribution in [3.8, 4) is 11.5 Å². The molecule has 0 radical (unpaired) electrons. The molecule has 0 spiro atoms. The number of carbonyl (C=O) groups excluding carboxylic acids is 2. The molecule has 0 saturated heterocycles. The summed E-state index contributed by atoms with van der Waals surface area (Å²) in [5.41, 5.74) is 1.97. The van der Waals surface area contributed by atoms with Crippen LogP contribution in [0.1, 0.15) is 83.1 Å². The molecule has 0 fully saturated rings. The molecule has 1 aromatic rings. The number of benzene rings is 1. The van der Waals surface area contributed by atoms with Gasteiger partial charge in [0.15, 0.2) is 11.5 Å². The molecule has 0 saturated carbocycles. The van der Waals surface area contributed by atoms with Gasteiger partial charge in [-0.25, -0.2) is 4.79 Å². The van der Waals surface area contributed by atoms with Gasteiger partial charge < -0.3 is 14.2 Å². The van der Waals surface area contributed by atoms with Crippen molar-refractivity contribution in [1.82, 2.24) is 0 Å². The number of methoxy groups -OCH3 is 1. The predicted molar refractivity (Wildman–Crippen MR) is 129 cm³/mol. The highest BCUT2D eigenvalue weighted by Gasteiger charge is 2.32. The van der Waals surface area contributed by atoms with E-state index in [1.165, 1.54) is 25.7 Å². The lowest BCUT2D eigenvalue weighted by Crippen LogP contribution is -2.23. The first-order chi connectivity index (χ1) is 16.0. The van der Waals surface area contributed by atoms with Crippen molar-refractivity contribution in [3.63, 3.8) is 0 Å². The number of rotatable bonds is 12. The highest BCUT2D eigenvalue weighted by molar-refractivity contribution is 5.86. The SMILES string of the molecule is CCCCCCCCCC(=O)Oc1cc(C(C)C2=CC(=O)OC3=CC=CCC32)ccc1OC. The highest BCUT2D eigenvalue weighted by Crippen LogP contribution is 2.41. The van der Waals surface area contributed by atoms with Crippen molar-refractivity contribution in [1.29, 1.82) is 0 Å². The molecule has 1 aromatic carbocycles. The van der Waals surface area contributed by atoms with E-state index in [-0.39, 0.29) is 23.8 Å². The van der Waals surface area contributed by atoms with Crippen LogP contribution in [0.15, 0.2) is 53.8 Å². The third-order valence-electron chi connectivity index (χ3n) is 6.41. The lowest BCUT2D eigenvalue weighted by molar-refractivity contribution is -0.136. The minimum Gasteiger partial charge on any atom is -0.493 e. The van der Waals surface area contributed by atoms with E-state index in [1.54, 1.807) is 13.2 Å². The van der Waals surface area contributed by atoms with Gasteiger partial charge >= 0.3 is 11.9 Å². The summed E-state index contributed by atoms with van der Waals surface area (Å²) in [7, 11) is 1.57. The Morgan fingerprint density at radius 3 is 2.64 bits per heavy atom. The molecule has 1 heterocycles. The van der Waals surface area contributed by atoms with Gasteiger partial charge in [-0.3, -0.25) is 4.79 Å². The monoisotopic (exact) mass is 452 g/mol. The van der Waals surface area contributed by atoms with Crippen molar-refractivity contribution in [2.24, 2.45) is 5.92 Å². The summed E-state index contributed by atoms with van der Waals surface area (Å²) in [4.78, 5) is 24.6. The van der Waals surface area contributed by atoms with Crippen molar-refractivity contribution in [3.05, 3.63) is 59.4 Å². The van der Waals surface area contributed by atoms with Crippen LogP contribution in [0.3, 0.4) is 0 Å². The van der Waals surface area contributed by atoms with E-state index >= 15 is 0 Å². The number of ether oxygens (including phenoxy) is 3. The lowest BCUT2D eigenvalue weighted by Gasteiger charge is -2.31. The molecule has 0 amide bonds. The number of fused-ring (bicyclic) bond motifs is 1. The summed E-state index contributed by atoms with van der Waals surface area (Å²) < 4.78 is 16.5. The lowest BCUT2D eigenvalue weighted by atomic mass is 9.79. The summed E-state index contributed by atoms with van der Waals surface area (Å²) in [6.07, 6.45) is 16.7. The van der Waals surface area contributed by atoms with Crippen molar-refractivity contribution >= 4 is 11.9 Å². The van der Waals surface area contributed by atoms with Crippen LogP contribution in [-0.4, -0.2) is 19.0 Å². The molecule has 0 N–H and O–H groups in total. The molecular formula is C28H36O5. The molecule has 5 heteroatoms.